The highest BCUT2D eigenvalue weighted by Crippen LogP contribution is 2.30. The van der Waals surface area contributed by atoms with E-state index in [0.29, 0.717) is 5.56 Å². The van der Waals surface area contributed by atoms with E-state index in [0.717, 1.165) is 21.9 Å². The highest BCUT2D eigenvalue weighted by Gasteiger charge is 2.44. The number of nitrogens with zero attached hydrogens (tertiary/aromatic N) is 3. The third kappa shape index (κ3) is 4.55. The fourth-order valence-electron chi connectivity index (χ4n) is 4.05. The van der Waals surface area contributed by atoms with Gasteiger partial charge in [0.25, 0.3) is 0 Å². The van der Waals surface area contributed by atoms with Crippen molar-refractivity contribution in [2.45, 2.75) is 25.3 Å². The minimum atomic E-state index is -1.29. The van der Waals surface area contributed by atoms with Crippen molar-refractivity contribution in [3.8, 4) is 0 Å². The zero-order chi connectivity index (χ0) is 23.7. The molecule has 2 aliphatic heterocycles. The average Bonchev–Trinajstić information content (AvgIpc) is 2.77. The second-order valence-electron chi connectivity index (χ2n) is 7.82. The predicted octanol–water partition coefficient (Wildman–Crippen LogP) is 3.11. The summed E-state index contributed by atoms with van der Waals surface area (Å²) >= 11 is 0. The number of amides is 3. The molecule has 0 unspecified atom stereocenters. The number of rotatable bonds is 5. The van der Waals surface area contributed by atoms with Crippen LogP contribution in [0.3, 0.4) is 0 Å². The first-order valence-electron chi connectivity index (χ1n) is 10.3. The van der Waals surface area contributed by atoms with Gasteiger partial charge in [-0.25, -0.2) is 18.0 Å². The molecule has 0 radical (unpaired) electrons. The van der Waals surface area contributed by atoms with Crippen LogP contribution in [0.2, 0.25) is 0 Å². The van der Waals surface area contributed by atoms with Crippen molar-refractivity contribution in [2.24, 2.45) is 0 Å². The Morgan fingerprint density at radius 2 is 1.82 bits per heavy atom. The summed E-state index contributed by atoms with van der Waals surface area (Å²) in [5, 5.41) is 9.61. The van der Waals surface area contributed by atoms with Crippen molar-refractivity contribution in [1.29, 1.82) is 0 Å². The zero-order valence-corrected chi connectivity index (χ0v) is 17.4. The van der Waals surface area contributed by atoms with Crippen LogP contribution in [-0.4, -0.2) is 56.8 Å². The van der Waals surface area contributed by atoms with E-state index < -0.39 is 41.4 Å². The third-order valence-corrected chi connectivity index (χ3v) is 5.67. The summed E-state index contributed by atoms with van der Waals surface area (Å²) in [7, 11) is 0. The van der Waals surface area contributed by atoms with Crippen molar-refractivity contribution >= 4 is 17.9 Å². The molecular weight excluding hydrogens is 439 g/mol. The molecule has 0 saturated carbocycles. The summed E-state index contributed by atoms with van der Waals surface area (Å²) in [5.41, 5.74) is 0.912. The molecule has 3 amide bonds. The molecule has 1 saturated heterocycles. The summed E-state index contributed by atoms with van der Waals surface area (Å²) < 4.78 is 40.6. The minimum Gasteiger partial charge on any atom is -0.465 e. The normalized spacial score (nSPS) is 18.3. The van der Waals surface area contributed by atoms with Gasteiger partial charge in [-0.1, -0.05) is 18.2 Å². The van der Waals surface area contributed by atoms with Gasteiger partial charge in [-0.3, -0.25) is 19.4 Å². The third-order valence-electron chi connectivity index (χ3n) is 5.67. The first-order valence-corrected chi connectivity index (χ1v) is 10.3. The van der Waals surface area contributed by atoms with Crippen LogP contribution in [0, 0.1) is 17.5 Å². The van der Waals surface area contributed by atoms with E-state index in [1.165, 1.54) is 29.3 Å². The number of halogens is 3. The van der Waals surface area contributed by atoms with Gasteiger partial charge in [0.1, 0.15) is 17.7 Å². The van der Waals surface area contributed by atoms with Gasteiger partial charge in [-0.15, -0.1) is 0 Å². The van der Waals surface area contributed by atoms with E-state index >= 15 is 0 Å². The Bertz CT molecular complexity index is 1150. The lowest BCUT2D eigenvalue weighted by Gasteiger charge is -2.45. The van der Waals surface area contributed by atoms with Crippen molar-refractivity contribution in [3.63, 3.8) is 0 Å². The number of hydrogen-bond acceptors (Lipinski definition) is 3. The highest BCUT2D eigenvalue weighted by atomic mass is 19.2. The second-order valence-corrected chi connectivity index (χ2v) is 7.82. The molecule has 1 atom stereocenters. The number of fused-ring (bicyclic) bond motifs is 1. The molecule has 4 rings (SSSR count). The van der Waals surface area contributed by atoms with Crippen molar-refractivity contribution in [3.05, 3.63) is 83.1 Å². The van der Waals surface area contributed by atoms with Gasteiger partial charge in [0, 0.05) is 32.1 Å². The number of benzene rings is 2. The first kappa shape index (κ1) is 22.4. The number of hydrogen-bond donors (Lipinski definition) is 1. The van der Waals surface area contributed by atoms with E-state index in [2.05, 4.69) is 0 Å². The van der Waals surface area contributed by atoms with Gasteiger partial charge >= 0.3 is 6.09 Å². The smallest absolute Gasteiger partial charge is 0.413 e. The number of carboxylic acid groups (broad SMARTS) is 1. The molecule has 172 valence electrons. The lowest BCUT2D eigenvalue weighted by molar-refractivity contribution is -0.148. The van der Waals surface area contributed by atoms with Gasteiger partial charge in [-0.2, -0.15) is 0 Å². The fourth-order valence-corrected chi connectivity index (χ4v) is 4.05. The monoisotopic (exact) mass is 459 g/mol. The number of carbonyl (C=O) groups is 3. The van der Waals surface area contributed by atoms with Crippen LogP contribution >= 0.6 is 0 Å². The number of carbonyl (C=O) groups excluding carboxylic acids is 2. The van der Waals surface area contributed by atoms with Gasteiger partial charge in [0.15, 0.2) is 11.6 Å². The quantitative estimate of drug-likeness (QED) is 0.745. The summed E-state index contributed by atoms with van der Waals surface area (Å²) in [5.74, 6) is -3.48. The summed E-state index contributed by atoms with van der Waals surface area (Å²) in [6.07, 6.45) is 0.0444. The summed E-state index contributed by atoms with van der Waals surface area (Å²) in [4.78, 5) is 41.2. The molecule has 2 aliphatic rings. The topological polar surface area (TPSA) is 81.2 Å². The van der Waals surface area contributed by atoms with E-state index in [1.807, 2.05) is 0 Å². The molecule has 2 aromatic carbocycles. The van der Waals surface area contributed by atoms with E-state index in [4.69, 9.17) is 0 Å². The van der Waals surface area contributed by atoms with Crippen LogP contribution in [0.5, 0.6) is 0 Å². The zero-order valence-electron chi connectivity index (χ0n) is 17.4. The molecule has 0 aliphatic carbocycles. The lowest BCUT2D eigenvalue weighted by atomic mass is 9.99. The van der Waals surface area contributed by atoms with Crippen molar-refractivity contribution < 1.29 is 32.7 Å². The predicted molar refractivity (Wildman–Crippen MR) is 110 cm³/mol. The van der Waals surface area contributed by atoms with Crippen LogP contribution in [0.4, 0.5) is 18.0 Å². The Hall–Kier alpha value is -3.82. The largest absolute Gasteiger partial charge is 0.465 e. The maximum Gasteiger partial charge on any atom is 0.413 e. The molecule has 1 fully saturated rings. The average molecular weight is 459 g/mol. The Morgan fingerprint density at radius 1 is 1.03 bits per heavy atom. The van der Waals surface area contributed by atoms with Crippen LogP contribution in [0.25, 0.3) is 0 Å². The van der Waals surface area contributed by atoms with Crippen molar-refractivity contribution in [2.75, 3.05) is 13.1 Å². The maximum atomic E-state index is 13.7. The van der Waals surface area contributed by atoms with Gasteiger partial charge < -0.3 is 10.0 Å². The summed E-state index contributed by atoms with van der Waals surface area (Å²) in [6, 6.07) is 7.91. The molecule has 0 spiro atoms. The molecule has 7 nitrogen and oxygen atoms in total. The van der Waals surface area contributed by atoms with Gasteiger partial charge in [-0.05, 0) is 41.8 Å². The Kier molecular flexibility index (Phi) is 6.08. The van der Waals surface area contributed by atoms with E-state index in [1.54, 1.807) is 12.1 Å². The molecule has 2 aromatic rings. The highest BCUT2D eigenvalue weighted by molar-refractivity contribution is 5.93. The van der Waals surface area contributed by atoms with Gasteiger partial charge in [0.05, 0.1) is 0 Å². The second kappa shape index (κ2) is 8.97. The molecule has 1 N–H and O–H groups in total. The fraction of sp³-hybridized carbons (Fsp3) is 0.261. The lowest BCUT2D eigenvalue weighted by Crippen LogP contribution is -2.60. The van der Waals surface area contributed by atoms with Crippen LogP contribution in [0.15, 0.2) is 54.5 Å². The molecule has 2 heterocycles. The molecule has 0 bridgehead atoms. The molecule has 10 heteroatoms. The van der Waals surface area contributed by atoms with E-state index in [9.17, 15) is 32.7 Å². The standard InChI is InChI=1S/C23H20F3N3O4/c24-16-3-1-2-14(10-16)6-8-27-13-20-28(23(32)33)9-7-21(30)29(20)19(22(27)31)12-15-4-5-17(25)18(26)11-15/h1-5,10-11,13,19H,6-9,12H2,(H,32,33)/t19-/m0/s1. The van der Waals surface area contributed by atoms with E-state index in [-0.39, 0.29) is 43.7 Å². The first-order chi connectivity index (χ1) is 15.7. The minimum absolute atomic E-state index is 0.0187. The molecular formula is C23H20F3N3O4. The Labute approximate surface area is 187 Å². The van der Waals surface area contributed by atoms with Crippen LogP contribution < -0.4 is 0 Å². The van der Waals surface area contributed by atoms with Crippen LogP contribution in [-0.2, 0) is 22.4 Å². The summed E-state index contributed by atoms with van der Waals surface area (Å²) in [6.45, 7) is 0.0376. The molecule has 33 heavy (non-hydrogen) atoms. The Morgan fingerprint density at radius 3 is 2.52 bits per heavy atom. The molecule has 0 aromatic heterocycles. The maximum absolute atomic E-state index is 13.7. The van der Waals surface area contributed by atoms with Crippen molar-refractivity contribution in [1.82, 2.24) is 14.7 Å². The van der Waals surface area contributed by atoms with Crippen LogP contribution in [0.1, 0.15) is 17.5 Å². The Balaban J connectivity index is 1.67. The van der Waals surface area contributed by atoms with Gasteiger partial charge in [0.2, 0.25) is 11.8 Å². The SMILES string of the molecule is O=C1[C@H](Cc2ccc(F)c(F)c2)N2C(=O)CCN(C(=O)O)C2=CN1CCc1cccc(F)c1.